The summed E-state index contributed by atoms with van der Waals surface area (Å²) in [4.78, 5) is 11.8. The van der Waals surface area contributed by atoms with Gasteiger partial charge in [0.05, 0.1) is 6.61 Å². The quantitative estimate of drug-likeness (QED) is 0.0925. The van der Waals surface area contributed by atoms with Crippen molar-refractivity contribution in [3.05, 3.63) is 125 Å². The first-order chi connectivity index (χ1) is 21.0. The van der Waals surface area contributed by atoms with E-state index in [0.29, 0.717) is 13.2 Å². The second kappa shape index (κ2) is 14.7. The maximum absolute atomic E-state index is 11.8. The molecule has 4 heteroatoms. The Morgan fingerprint density at radius 1 is 0.778 bits per heavy atom. The van der Waals surface area contributed by atoms with E-state index in [1.165, 1.54) is 33.1 Å². The number of ether oxygens (including phenoxy) is 1. The topological polar surface area (TPSA) is 35.5 Å². The SMILES string of the molecule is CCOC(=O)/C=C(C)/C=C/C=C(\C)c1cc(C(C)(C)C)cc(C(C)(C)CO[Si](c2ccccc2)(c2ccccc2)C(C)(C)C)c1. The zero-order chi connectivity index (χ0) is 33.5. The van der Waals surface area contributed by atoms with Gasteiger partial charge in [0.2, 0.25) is 0 Å². The van der Waals surface area contributed by atoms with Gasteiger partial charge in [-0.1, -0.05) is 152 Å². The van der Waals surface area contributed by atoms with E-state index < -0.39 is 8.32 Å². The van der Waals surface area contributed by atoms with E-state index >= 15 is 0 Å². The number of benzene rings is 3. The van der Waals surface area contributed by atoms with Crippen LogP contribution in [0.4, 0.5) is 0 Å². The fraction of sp³-hybridized carbons (Fsp3) is 0.390. The van der Waals surface area contributed by atoms with Gasteiger partial charge in [-0.15, -0.1) is 0 Å². The molecule has 0 bridgehead atoms. The first-order valence-electron chi connectivity index (χ1n) is 16.1. The smallest absolute Gasteiger partial charge is 0.330 e. The van der Waals surface area contributed by atoms with Crippen LogP contribution in [-0.2, 0) is 24.8 Å². The number of hydrogen-bond acceptors (Lipinski definition) is 3. The maximum Gasteiger partial charge on any atom is 0.330 e. The van der Waals surface area contributed by atoms with Gasteiger partial charge in [-0.05, 0) is 69.4 Å². The monoisotopic (exact) mass is 622 g/mol. The highest BCUT2D eigenvalue weighted by Crippen LogP contribution is 2.39. The van der Waals surface area contributed by atoms with E-state index in [0.717, 1.165) is 11.1 Å². The van der Waals surface area contributed by atoms with Gasteiger partial charge in [0, 0.05) is 18.1 Å². The molecule has 0 saturated heterocycles. The molecule has 0 fully saturated rings. The molecular weight excluding hydrogens is 569 g/mol. The number of carbonyl (C=O) groups is 1. The van der Waals surface area contributed by atoms with Crippen molar-refractivity contribution < 1.29 is 14.0 Å². The molecule has 240 valence electrons. The first-order valence-corrected chi connectivity index (χ1v) is 18.0. The molecule has 3 aromatic rings. The van der Waals surface area contributed by atoms with Crippen molar-refractivity contribution in [2.24, 2.45) is 0 Å². The molecule has 0 aliphatic carbocycles. The molecule has 0 atom stereocenters. The fourth-order valence-corrected chi connectivity index (χ4v) is 10.4. The largest absolute Gasteiger partial charge is 0.463 e. The van der Waals surface area contributed by atoms with Crippen molar-refractivity contribution in [1.29, 1.82) is 0 Å². The zero-order valence-corrected chi connectivity index (χ0v) is 30.5. The average molecular weight is 623 g/mol. The van der Waals surface area contributed by atoms with Crippen molar-refractivity contribution in [2.75, 3.05) is 13.2 Å². The lowest BCUT2D eigenvalue weighted by Gasteiger charge is -2.45. The molecule has 0 aliphatic rings. The van der Waals surface area contributed by atoms with Crippen LogP contribution in [0.25, 0.3) is 5.57 Å². The van der Waals surface area contributed by atoms with E-state index in [1.807, 2.05) is 26.0 Å². The average Bonchev–Trinajstić information content (AvgIpc) is 2.97. The summed E-state index contributed by atoms with van der Waals surface area (Å²) in [6.45, 7) is 25.2. The Morgan fingerprint density at radius 2 is 1.31 bits per heavy atom. The minimum Gasteiger partial charge on any atom is -0.463 e. The van der Waals surface area contributed by atoms with Gasteiger partial charge in [0.1, 0.15) is 0 Å². The lowest BCUT2D eigenvalue weighted by molar-refractivity contribution is -0.137. The highest BCUT2D eigenvalue weighted by molar-refractivity contribution is 6.99. The highest BCUT2D eigenvalue weighted by atomic mass is 28.4. The minimum absolute atomic E-state index is 0.0191. The molecular formula is C41H54O3Si. The van der Waals surface area contributed by atoms with Gasteiger partial charge in [-0.2, -0.15) is 0 Å². The zero-order valence-electron chi connectivity index (χ0n) is 29.5. The number of allylic oxidation sites excluding steroid dienone is 5. The van der Waals surface area contributed by atoms with Gasteiger partial charge < -0.3 is 9.16 Å². The molecule has 45 heavy (non-hydrogen) atoms. The highest BCUT2D eigenvalue weighted by Gasteiger charge is 2.50. The molecule has 3 aromatic carbocycles. The third-order valence-electron chi connectivity index (χ3n) is 8.44. The van der Waals surface area contributed by atoms with Crippen molar-refractivity contribution in [2.45, 2.75) is 92.0 Å². The molecule has 0 aromatic heterocycles. The summed E-state index contributed by atoms with van der Waals surface area (Å²) in [6.07, 6.45) is 7.58. The van der Waals surface area contributed by atoms with E-state index in [-0.39, 0.29) is 21.8 Å². The molecule has 0 heterocycles. The fourth-order valence-electron chi connectivity index (χ4n) is 5.67. The Balaban J connectivity index is 2.05. The second-order valence-corrected chi connectivity index (χ2v) is 19.0. The summed E-state index contributed by atoms with van der Waals surface area (Å²) >= 11 is 0. The third-order valence-corrected chi connectivity index (χ3v) is 13.4. The van der Waals surface area contributed by atoms with Crippen LogP contribution >= 0.6 is 0 Å². The van der Waals surface area contributed by atoms with Crippen molar-refractivity contribution in [1.82, 2.24) is 0 Å². The Kier molecular flexibility index (Phi) is 11.8. The van der Waals surface area contributed by atoms with Crippen LogP contribution in [0.1, 0.15) is 92.9 Å². The number of esters is 1. The number of hydrogen-bond donors (Lipinski definition) is 0. The number of rotatable bonds is 11. The van der Waals surface area contributed by atoms with Gasteiger partial charge in [0.15, 0.2) is 0 Å². The van der Waals surface area contributed by atoms with Crippen LogP contribution in [0.3, 0.4) is 0 Å². The van der Waals surface area contributed by atoms with Crippen molar-refractivity contribution in [3.63, 3.8) is 0 Å². The van der Waals surface area contributed by atoms with E-state index in [9.17, 15) is 4.79 Å². The molecule has 0 saturated carbocycles. The summed E-state index contributed by atoms with van der Waals surface area (Å²) < 4.78 is 12.5. The van der Waals surface area contributed by atoms with Crippen LogP contribution in [0.5, 0.6) is 0 Å². The van der Waals surface area contributed by atoms with E-state index in [4.69, 9.17) is 9.16 Å². The third kappa shape index (κ3) is 9.05. The molecule has 3 nitrogen and oxygen atoms in total. The molecule has 0 unspecified atom stereocenters. The Hall–Kier alpha value is -3.47. The lowest BCUT2D eigenvalue weighted by atomic mass is 9.78. The van der Waals surface area contributed by atoms with Crippen LogP contribution in [0.2, 0.25) is 5.04 Å². The standard InChI is InChI=1S/C41H54O3Si/c1-12-43-38(42)26-31(2)20-19-21-32(3)33-27-34(39(4,5)6)29-35(28-33)41(10,11)30-44-45(40(7,8)9,36-22-15-13-16-23-36)37-24-17-14-18-25-37/h13-29H,12,30H2,1-11H3/b20-19+,31-26+,32-21+. The molecule has 3 rings (SSSR count). The van der Waals surface area contributed by atoms with Crippen molar-refractivity contribution >= 4 is 30.2 Å². The normalized spacial score (nSPS) is 13.8. The molecule has 0 amide bonds. The molecule has 0 spiro atoms. The first kappa shape index (κ1) is 36.0. The molecule has 0 N–H and O–H groups in total. The second-order valence-electron chi connectivity index (χ2n) is 14.7. The predicted molar refractivity (Wildman–Crippen MR) is 195 cm³/mol. The van der Waals surface area contributed by atoms with Crippen LogP contribution in [0, 0.1) is 0 Å². The lowest BCUT2D eigenvalue weighted by Crippen LogP contribution is -2.67. The Bertz CT molecular complexity index is 1470. The predicted octanol–water partition coefficient (Wildman–Crippen LogP) is 9.31. The van der Waals surface area contributed by atoms with Crippen molar-refractivity contribution in [3.8, 4) is 0 Å². The van der Waals surface area contributed by atoms with Gasteiger partial charge in [-0.3, -0.25) is 0 Å². The maximum atomic E-state index is 11.8. The summed E-state index contributed by atoms with van der Waals surface area (Å²) in [5.41, 5.74) is 5.48. The van der Waals surface area contributed by atoms with E-state index in [2.05, 4.69) is 147 Å². The van der Waals surface area contributed by atoms with Gasteiger partial charge >= 0.3 is 5.97 Å². The summed E-state index contributed by atoms with van der Waals surface area (Å²) in [7, 11) is -2.68. The Labute approximate surface area is 274 Å². The summed E-state index contributed by atoms with van der Waals surface area (Å²) in [6, 6.07) is 28.7. The Morgan fingerprint density at radius 3 is 1.80 bits per heavy atom. The summed E-state index contributed by atoms with van der Waals surface area (Å²) in [5.74, 6) is -0.314. The minimum atomic E-state index is -2.68. The van der Waals surface area contributed by atoms with Gasteiger partial charge in [-0.25, -0.2) is 4.79 Å². The van der Waals surface area contributed by atoms with Crippen LogP contribution in [0.15, 0.2) is 109 Å². The van der Waals surface area contributed by atoms with E-state index in [1.54, 1.807) is 0 Å². The summed E-state index contributed by atoms with van der Waals surface area (Å²) in [5, 5.41) is 2.50. The molecule has 0 aliphatic heterocycles. The molecule has 0 radical (unpaired) electrons. The van der Waals surface area contributed by atoms with Gasteiger partial charge in [0.25, 0.3) is 8.32 Å². The van der Waals surface area contributed by atoms with Crippen LogP contribution in [-0.4, -0.2) is 27.5 Å². The number of carbonyl (C=O) groups excluding carboxylic acids is 1. The van der Waals surface area contributed by atoms with Crippen LogP contribution < -0.4 is 10.4 Å².